The maximum atomic E-state index is 11.9. The topological polar surface area (TPSA) is 63.6 Å². The Morgan fingerprint density at radius 1 is 1.20 bits per heavy atom. The van der Waals surface area contributed by atoms with Gasteiger partial charge >= 0.3 is 0 Å². The molecule has 0 saturated carbocycles. The third kappa shape index (κ3) is 2.51. The lowest BCUT2D eigenvalue weighted by Crippen LogP contribution is -2.23. The number of hydrogen-bond donors (Lipinski definition) is 1. The van der Waals surface area contributed by atoms with E-state index in [-0.39, 0.29) is 5.91 Å². The fourth-order valence-corrected chi connectivity index (χ4v) is 2.03. The molecule has 1 aromatic heterocycles. The second-order valence-electron chi connectivity index (χ2n) is 4.33. The zero-order chi connectivity index (χ0) is 13.8. The smallest absolute Gasteiger partial charge is 0.271 e. The summed E-state index contributed by atoms with van der Waals surface area (Å²) in [5.74, 6) is 0.555. The molecular weight excluding hydrogens is 254 g/mol. The van der Waals surface area contributed by atoms with E-state index in [0.29, 0.717) is 18.6 Å². The highest BCUT2D eigenvalue weighted by molar-refractivity contribution is 6.04. The van der Waals surface area contributed by atoms with Gasteiger partial charge in [-0.05, 0) is 24.3 Å². The van der Waals surface area contributed by atoms with Crippen LogP contribution in [-0.2, 0) is 0 Å². The molecule has 0 spiro atoms. The highest BCUT2D eigenvalue weighted by Gasteiger charge is 2.16. The van der Waals surface area contributed by atoms with Crippen LogP contribution in [0.2, 0.25) is 0 Å². The predicted octanol–water partition coefficient (Wildman–Crippen LogP) is 2.00. The number of benzene rings is 1. The minimum absolute atomic E-state index is 0.246. The number of carbonyl (C=O) groups is 1. The predicted molar refractivity (Wildman–Crippen MR) is 74.8 cm³/mol. The van der Waals surface area contributed by atoms with Gasteiger partial charge < -0.3 is 4.74 Å². The lowest BCUT2D eigenvalue weighted by Gasteiger charge is -2.18. The van der Waals surface area contributed by atoms with Crippen LogP contribution in [-0.4, -0.2) is 23.2 Å². The molecule has 0 saturated heterocycles. The van der Waals surface area contributed by atoms with E-state index in [1.807, 2.05) is 24.3 Å². The number of aromatic nitrogens is 1. The normalized spacial score (nSPS) is 15.3. The monoisotopic (exact) mass is 267 g/mol. The quantitative estimate of drug-likeness (QED) is 0.846. The van der Waals surface area contributed by atoms with Crippen molar-refractivity contribution in [2.45, 2.75) is 6.42 Å². The first-order chi connectivity index (χ1) is 9.84. The molecular formula is C15H13N3O2. The Kier molecular flexibility index (Phi) is 3.41. The first kappa shape index (κ1) is 12.3. The number of nitrogens with one attached hydrogen (secondary N) is 1. The van der Waals surface area contributed by atoms with Crippen LogP contribution in [0.25, 0.3) is 0 Å². The molecule has 1 aliphatic rings. The molecule has 0 bridgehead atoms. The highest BCUT2D eigenvalue weighted by atomic mass is 16.5. The maximum absolute atomic E-state index is 11.9. The Hall–Kier alpha value is -2.69. The van der Waals surface area contributed by atoms with E-state index in [1.54, 1.807) is 24.5 Å². The number of pyridine rings is 1. The summed E-state index contributed by atoms with van der Waals surface area (Å²) >= 11 is 0. The maximum Gasteiger partial charge on any atom is 0.271 e. The van der Waals surface area contributed by atoms with Gasteiger partial charge in [-0.25, -0.2) is 5.43 Å². The van der Waals surface area contributed by atoms with Gasteiger partial charge in [-0.2, -0.15) is 5.10 Å². The molecule has 0 radical (unpaired) electrons. The average Bonchev–Trinajstić information content (AvgIpc) is 2.53. The number of amides is 1. The van der Waals surface area contributed by atoms with Crippen LogP contribution in [0.15, 0.2) is 53.9 Å². The molecule has 100 valence electrons. The fourth-order valence-electron chi connectivity index (χ4n) is 2.03. The minimum Gasteiger partial charge on any atom is -0.492 e. The summed E-state index contributed by atoms with van der Waals surface area (Å²) in [6, 6.07) is 11.0. The minimum atomic E-state index is -0.246. The van der Waals surface area contributed by atoms with Crippen molar-refractivity contribution in [1.29, 1.82) is 0 Å². The fraction of sp³-hybridized carbons (Fsp3) is 0.133. The van der Waals surface area contributed by atoms with E-state index < -0.39 is 0 Å². The lowest BCUT2D eigenvalue weighted by molar-refractivity contribution is 0.0954. The molecule has 1 amide bonds. The number of fused-ring (bicyclic) bond motifs is 1. The first-order valence-electron chi connectivity index (χ1n) is 6.34. The number of rotatable bonds is 2. The van der Waals surface area contributed by atoms with Gasteiger partial charge in [0.15, 0.2) is 0 Å². The van der Waals surface area contributed by atoms with Gasteiger partial charge in [0.05, 0.1) is 12.3 Å². The van der Waals surface area contributed by atoms with Crippen molar-refractivity contribution < 1.29 is 9.53 Å². The van der Waals surface area contributed by atoms with E-state index in [4.69, 9.17) is 4.74 Å². The van der Waals surface area contributed by atoms with Gasteiger partial charge in [-0.3, -0.25) is 9.78 Å². The van der Waals surface area contributed by atoms with Gasteiger partial charge in [-0.15, -0.1) is 0 Å². The standard InChI is InChI=1S/C15H13N3O2/c19-15(11-5-8-16-9-6-11)18-17-13-7-10-20-14-4-2-1-3-12(13)14/h1-6,8-9H,7,10H2,(H,18,19)/b17-13+. The molecule has 0 fully saturated rings. The van der Waals surface area contributed by atoms with E-state index >= 15 is 0 Å². The molecule has 5 nitrogen and oxygen atoms in total. The lowest BCUT2D eigenvalue weighted by atomic mass is 10.0. The zero-order valence-electron chi connectivity index (χ0n) is 10.7. The molecule has 0 aliphatic carbocycles. The van der Waals surface area contributed by atoms with E-state index in [9.17, 15) is 4.79 Å². The summed E-state index contributed by atoms with van der Waals surface area (Å²) in [7, 11) is 0. The average molecular weight is 267 g/mol. The molecule has 1 N–H and O–H groups in total. The first-order valence-corrected chi connectivity index (χ1v) is 6.34. The third-order valence-corrected chi connectivity index (χ3v) is 3.03. The number of ether oxygens (including phenoxy) is 1. The summed E-state index contributed by atoms with van der Waals surface area (Å²) in [6.45, 7) is 0.570. The third-order valence-electron chi connectivity index (χ3n) is 3.03. The van der Waals surface area contributed by atoms with E-state index in [1.165, 1.54) is 0 Å². The Morgan fingerprint density at radius 3 is 2.85 bits per heavy atom. The summed E-state index contributed by atoms with van der Waals surface area (Å²) in [6.07, 6.45) is 3.82. The van der Waals surface area contributed by atoms with Crippen molar-refractivity contribution in [1.82, 2.24) is 10.4 Å². The summed E-state index contributed by atoms with van der Waals surface area (Å²) in [5.41, 5.74) is 4.86. The molecule has 2 heterocycles. The number of carbonyl (C=O) groups excluding carboxylic acids is 1. The zero-order valence-corrected chi connectivity index (χ0v) is 10.7. The molecule has 5 heteroatoms. The van der Waals surface area contributed by atoms with Gasteiger partial charge in [-0.1, -0.05) is 12.1 Å². The van der Waals surface area contributed by atoms with Crippen LogP contribution in [0.5, 0.6) is 5.75 Å². The SMILES string of the molecule is O=C(N/N=C1\CCOc2ccccc21)c1ccncc1. The molecule has 20 heavy (non-hydrogen) atoms. The molecule has 1 aliphatic heterocycles. The molecule has 0 unspecified atom stereocenters. The Bertz CT molecular complexity index is 653. The largest absolute Gasteiger partial charge is 0.492 e. The van der Waals surface area contributed by atoms with Gasteiger partial charge in [0, 0.05) is 29.9 Å². The van der Waals surface area contributed by atoms with Crippen molar-refractivity contribution in [3.63, 3.8) is 0 Å². The van der Waals surface area contributed by atoms with E-state index in [2.05, 4.69) is 15.5 Å². The van der Waals surface area contributed by atoms with Crippen LogP contribution < -0.4 is 10.2 Å². The molecule has 1 aromatic carbocycles. The van der Waals surface area contributed by atoms with Crippen molar-refractivity contribution in [2.75, 3.05) is 6.61 Å². The molecule has 3 rings (SSSR count). The van der Waals surface area contributed by atoms with E-state index in [0.717, 1.165) is 17.0 Å². The van der Waals surface area contributed by atoms with Gasteiger partial charge in [0.25, 0.3) is 5.91 Å². The highest BCUT2D eigenvalue weighted by Crippen LogP contribution is 2.24. The summed E-state index contributed by atoms with van der Waals surface area (Å²) < 4.78 is 5.54. The van der Waals surface area contributed by atoms with Crippen LogP contribution in [0.3, 0.4) is 0 Å². The molecule has 2 aromatic rings. The number of hydrazone groups is 1. The van der Waals surface area contributed by atoms with Gasteiger partial charge in [0.1, 0.15) is 5.75 Å². The number of hydrogen-bond acceptors (Lipinski definition) is 4. The van der Waals surface area contributed by atoms with Crippen molar-refractivity contribution >= 4 is 11.6 Å². The van der Waals surface area contributed by atoms with Crippen LogP contribution in [0.4, 0.5) is 0 Å². The molecule has 0 atom stereocenters. The van der Waals surface area contributed by atoms with Crippen LogP contribution in [0.1, 0.15) is 22.3 Å². The number of nitrogens with zero attached hydrogens (tertiary/aromatic N) is 2. The Labute approximate surface area is 116 Å². The summed E-state index contributed by atoms with van der Waals surface area (Å²) in [4.78, 5) is 15.8. The summed E-state index contributed by atoms with van der Waals surface area (Å²) in [5, 5.41) is 4.22. The van der Waals surface area contributed by atoms with Gasteiger partial charge in [0.2, 0.25) is 0 Å². The van der Waals surface area contributed by atoms with Crippen LogP contribution >= 0.6 is 0 Å². The second-order valence-corrected chi connectivity index (χ2v) is 4.33. The Balaban J connectivity index is 1.79. The number of para-hydroxylation sites is 1. The second kappa shape index (κ2) is 5.52. The van der Waals surface area contributed by atoms with Crippen molar-refractivity contribution in [3.8, 4) is 5.75 Å². The van der Waals surface area contributed by atoms with Crippen molar-refractivity contribution in [2.24, 2.45) is 5.10 Å². The van der Waals surface area contributed by atoms with Crippen molar-refractivity contribution in [3.05, 3.63) is 59.9 Å². The Morgan fingerprint density at radius 2 is 2.00 bits per heavy atom. The van der Waals surface area contributed by atoms with Crippen LogP contribution in [0, 0.1) is 0 Å².